The second-order valence-electron chi connectivity index (χ2n) is 3.85. The molecule has 1 aromatic heterocycles. The van der Waals surface area contributed by atoms with Gasteiger partial charge in [0, 0.05) is 33.3 Å². The first-order valence-electron chi connectivity index (χ1n) is 5.20. The zero-order chi connectivity index (χ0) is 13.9. The Balaban J connectivity index is 2.86. The van der Waals surface area contributed by atoms with Crippen molar-refractivity contribution in [2.75, 3.05) is 20.6 Å². The number of rotatable bonds is 5. The molecule has 0 aromatic carbocycles. The molecule has 0 aliphatic heterocycles. The Morgan fingerprint density at radius 2 is 2.17 bits per heavy atom. The summed E-state index contributed by atoms with van der Waals surface area (Å²) < 4.78 is 25.9. The molecule has 8 nitrogen and oxygen atoms in total. The van der Waals surface area contributed by atoms with E-state index in [0.717, 1.165) is 8.28 Å². The van der Waals surface area contributed by atoms with Crippen LogP contribution < -0.4 is 5.32 Å². The van der Waals surface area contributed by atoms with Gasteiger partial charge in [-0.15, -0.1) is 0 Å². The molecule has 0 saturated carbocycles. The summed E-state index contributed by atoms with van der Waals surface area (Å²) in [6, 6.07) is 0. The molecule has 0 aliphatic rings. The van der Waals surface area contributed by atoms with Crippen LogP contribution in [0.2, 0.25) is 0 Å². The van der Waals surface area contributed by atoms with Gasteiger partial charge in [-0.25, -0.2) is 13.8 Å². The molecule has 102 valence electrons. The highest BCUT2D eigenvalue weighted by molar-refractivity contribution is 7.87. The first-order chi connectivity index (χ1) is 8.25. The topological polar surface area (TPSA) is 105 Å². The van der Waals surface area contributed by atoms with Gasteiger partial charge < -0.3 is 10.4 Å². The summed E-state index contributed by atoms with van der Waals surface area (Å²) in [6.07, 6.45) is 0.615. The lowest BCUT2D eigenvalue weighted by atomic mass is 10.3. The van der Waals surface area contributed by atoms with E-state index >= 15 is 0 Å². The summed E-state index contributed by atoms with van der Waals surface area (Å²) >= 11 is 0. The monoisotopic (exact) mass is 276 g/mol. The molecule has 0 spiro atoms. The highest BCUT2D eigenvalue weighted by Gasteiger charge is 2.19. The third-order valence-corrected chi connectivity index (χ3v) is 4.05. The van der Waals surface area contributed by atoms with Crippen molar-refractivity contribution in [2.45, 2.75) is 13.3 Å². The molecule has 0 atom stereocenters. The van der Waals surface area contributed by atoms with Gasteiger partial charge in [0.15, 0.2) is 0 Å². The largest absolute Gasteiger partial charge is 0.465 e. The van der Waals surface area contributed by atoms with Gasteiger partial charge in [0.2, 0.25) is 0 Å². The second kappa shape index (κ2) is 5.36. The lowest BCUT2D eigenvalue weighted by Gasteiger charge is -2.12. The average molecular weight is 276 g/mol. The molecule has 0 unspecified atom stereocenters. The van der Waals surface area contributed by atoms with Crippen LogP contribution in [0.3, 0.4) is 0 Å². The van der Waals surface area contributed by atoms with Gasteiger partial charge in [-0.2, -0.15) is 12.7 Å². The zero-order valence-electron chi connectivity index (χ0n) is 10.4. The molecule has 1 amide bonds. The molecule has 2 N–H and O–H groups in total. The molecule has 0 bridgehead atoms. The molecule has 0 fully saturated rings. The summed E-state index contributed by atoms with van der Waals surface area (Å²) in [7, 11) is -0.715. The third kappa shape index (κ3) is 3.20. The van der Waals surface area contributed by atoms with E-state index in [2.05, 4.69) is 10.3 Å². The number of hydrogen-bond acceptors (Lipinski definition) is 4. The Hall–Kier alpha value is -1.61. The zero-order valence-corrected chi connectivity index (χ0v) is 11.2. The van der Waals surface area contributed by atoms with Crippen molar-refractivity contribution in [3.8, 4) is 0 Å². The van der Waals surface area contributed by atoms with Crippen LogP contribution in [0, 0.1) is 6.92 Å². The van der Waals surface area contributed by atoms with E-state index in [9.17, 15) is 13.2 Å². The fourth-order valence-corrected chi connectivity index (χ4v) is 2.32. The van der Waals surface area contributed by atoms with Crippen LogP contribution in [-0.2, 0) is 16.6 Å². The Bertz CT molecular complexity index is 535. The minimum Gasteiger partial charge on any atom is -0.465 e. The van der Waals surface area contributed by atoms with Crippen molar-refractivity contribution in [3.05, 3.63) is 17.7 Å². The van der Waals surface area contributed by atoms with Crippen LogP contribution in [0.25, 0.3) is 0 Å². The SMILES string of the molecule is Cc1nc(CCNC(=O)O)cn1S(=O)(=O)N(C)C. The number of carboxylic acid groups (broad SMARTS) is 1. The van der Waals surface area contributed by atoms with E-state index in [1.54, 1.807) is 6.92 Å². The third-order valence-electron chi connectivity index (χ3n) is 2.26. The Morgan fingerprint density at radius 1 is 1.56 bits per heavy atom. The number of amides is 1. The molecule has 0 aliphatic carbocycles. The Labute approximate surface area is 105 Å². The molecule has 9 heteroatoms. The minimum atomic E-state index is -3.58. The number of hydrogen-bond donors (Lipinski definition) is 2. The number of imidazole rings is 1. The smallest absolute Gasteiger partial charge is 0.404 e. The van der Waals surface area contributed by atoms with Gasteiger partial charge in [0.1, 0.15) is 5.82 Å². The highest BCUT2D eigenvalue weighted by atomic mass is 32.2. The van der Waals surface area contributed by atoms with E-state index in [-0.39, 0.29) is 6.54 Å². The summed E-state index contributed by atoms with van der Waals surface area (Å²) in [5.74, 6) is 0.342. The Morgan fingerprint density at radius 3 is 2.67 bits per heavy atom. The van der Waals surface area contributed by atoms with E-state index in [1.165, 1.54) is 20.3 Å². The molecule has 1 rings (SSSR count). The first-order valence-corrected chi connectivity index (χ1v) is 6.59. The number of aromatic nitrogens is 2. The van der Waals surface area contributed by atoms with Crippen LogP contribution in [0.5, 0.6) is 0 Å². The highest BCUT2D eigenvalue weighted by Crippen LogP contribution is 2.08. The lowest BCUT2D eigenvalue weighted by molar-refractivity contribution is 0.194. The van der Waals surface area contributed by atoms with Crippen LogP contribution in [0.1, 0.15) is 11.5 Å². The summed E-state index contributed by atoms with van der Waals surface area (Å²) in [5, 5.41) is 10.6. The minimum absolute atomic E-state index is 0.188. The fraction of sp³-hybridized carbons (Fsp3) is 0.556. The van der Waals surface area contributed by atoms with Crippen LogP contribution in [0.4, 0.5) is 4.79 Å². The fourth-order valence-electron chi connectivity index (χ4n) is 1.34. The maximum Gasteiger partial charge on any atom is 0.404 e. The predicted molar refractivity (Wildman–Crippen MR) is 64.7 cm³/mol. The van der Waals surface area contributed by atoms with Crippen molar-refractivity contribution in [3.63, 3.8) is 0 Å². The molecular formula is C9H16N4O4S. The average Bonchev–Trinajstić information content (AvgIpc) is 2.59. The van der Waals surface area contributed by atoms with Gasteiger partial charge in [-0.1, -0.05) is 0 Å². The maximum atomic E-state index is 11.9. The van der Waals surface area contributed by atoms with E-state index in [0.29, 0.717) is 17.9 Å². The van der Waals surface area contributed by atoms with Crippen molar-refractivity contribution < 1.29 is 18.3 Å². The normalized spacial score (nSPS) is 11.8. The van der Waals surface area contributed by atoms with E-state index in [1.807, 2.05) is 0 Å². The second-order valence-corrected chi connectivity index (χ2v) is 5.87. The molecule has 0 radical (unpaired) electrons. The van der Waals surface area contributed by atoms with E-state index < -0.39 is 16.3 Å². The van der Waals surface area contributed by atoms with Crippen molar-refractivity contribution in [1.29, 1.82) is 0 Å². The number of nitrogens with zero attached hydrogens (tertiary/aromatic N) is 3. The number of nitrogens with one attached hydrogen (secondary N) is 1. The summed E-state index contributed by atoms with van der Waals surface area (Å²) in [6.45, 7) is 1.77. The van der Waals surface area contributed by atoms with Crippen molar-refractivity contribution in [1.82, 2.24) is 18.6 Å². The standard InChI is InChI=1S/C9H16N4O4S/c1-7-11-8(4-5-10-9(14)15)6-13(7)18(16,17)12(2)3/h6,10H,4-5H2,1-3H3,(H,14,15). The predicted octanol–water partition coefficient (Wildman–Crippen LogP) is -0.344. The lowest BCUT2D eigenvalue weighted by Crippen LogP contribution is -2.29. The van der Waals surface area contributed by atoms with Crippen LogP contribution >= 0.6 is 0 Å². The molecule has 0 saturated heterocycles. The van der Waals surface area contributed by atoms with Crippen molar-refractivity contribution in [2.24, 2.45) is 0 Å². The van der Waals surface area contributed by atoms with Crippen LogP contribution in [-0.4, -0.2) is 53.5 Å². The van der Waals surface area contributed by atoms with Gasteiger partial charge in [-0.05, 0) is 6.92 Å². The Kier molecular flexibility index (Phi) is 4.30. The van der Waals surface area contributed by atoms with Gasteiger partial charge in [-0.3, -0.25) is 0 Å². The molecule has 18 heavy (non-hydrogen) atoms. The summed E-state index contributed by atoms with van der Waals surface area (Å²) in [5.41, 5.74) is 0.520. The van der Waals surface area contributed by atoms with Crippen molar-refractivity contribution >= 4 is 16.3 Å². The molecule has 1 aromatic rings. The van der Waals surface area contributed by atoms with E-state index in [4.69, 9.17) is 5.11 Å². The van der Waals surface area contributed by atoms with Gasteiger partial charge in [0.05, 0.1) is 5.69 Å². The quantitative estimate of drug-likeness (QED) is 0.765. The number of carbonyl (C=O) groups is 1. The number of aryl methyl sites for hydroxylation is 1. The van der Waals surface area contributed by atoms with Crippen LogP contribution in [0.15, 0.2) is 6.20 Å². The molecular weight excluding hydrogens is 260 g/mol. The summed E-state index contributed by atoms with van der Waals surface area (Å²) in [4.78, 5) is 14.4. The molecule has 1 heterocycles. The maximum absolute atomic E-state index is 11.9. The van der Waals surface area contributed by atoms with Gasteiger partial charge in [0.25, 0.3) is 0 Å². The first kappa shape index (κ1) is 14.5. The van der Waals surface area contributed by atoms with Gasteiger partial charge >= 0.3 is 16.3 Å².